The number of aryl methyl sites for hydroxylation is 2. The van der Waals surface area contributed by atoms with E-state index in [0.29, 0.717) is 74.6 Å². The molecule has 0 aliphatic carbocycles. The number of methoxy groups -OCH3 is 2. The Morgan fingerprint density at radius 3 is 1.73 bits per heavy atom. The highest BCUT2D eigenvalue weighted by Gasteiger charge is 2.15. The zero-order valence-corrected chi connectivity index (χ0v) is 26.4. The minimum Gasteiger partial charge on any atom is -0.465 e. The number of rotatable bonds is 6. The van der Waals surface area contributed by atoms with Crippen molar-refractivity contribution in [2.45, 2.75) is 26.9 Å². The van der Waals surface area contributed by atoms with Gasteiger partial charge in [-0.15, -0.1) is 0 Å². The van der Waals surface area contributed by atoms with Gasteiger partial charge in [0.15, 0.2) is 33.2 Å². The SMILES string of the molecule is COC(=O)c1ccc(Cn2c(Br)nc3c(N)nc(C)nc32)cc1.COC(=O)c1ccc(Cn2cnc3c(N)nc(C)nc32)cc1. The van der Waals surface area contributed by atoms with E-state index >= 15 is 0 Å². The second-order valence-electron chi connectivity index (χ2n) is 9.87. The lowest BCUT2D eigenvalue weighted by Gasteiger charge is -2.07. The van der Waals surface area contributed by atoms with Crippen molar-refractivity contribution in [3.05, 3.63) is 93.5 Å². The molecule has 0 saturated carbocycles. The number of fused-ring (bicyclic) bond motifs is 2. The first-order valence-corrected chi connectivity index (χ1v) is 14.3. The molecule has 6 aromatic rings. The van der Waals surface area contributed by atoms with Crippen LogP contribution in [0.1, 0.15) is 43.5 Å². The number of ether oxygens (including phenoxy) is 2. The van der Waals surface area contributed by atoms with Crippen molar-refractivity contribution in [1.82, 2.24) is 39.0 Å². The van der Waals surface area contributed by atoms with Gasteiger partial charge in [-0.05, 0) is 65.2 Å². The van der Waals surface area contributed by atoms with Crippen LogP contribution in [0.2, 0.25) is 0 Å². The van der Waals surface area contributed by atoms with E-state index < -0.39 is 0 Å². The summed E-state index contributed by atoms with van der Waals surface area (Å²) in [7, 11) is 2.72. The maximum atomic E-state index is 11.5. The van der Waals surface area contributed by atoms with E-state index in [-0.39, 0.29) is 11.9 Å². The fraction of sp³-hybridized carbons (Fsp3) is 0.200. The molecule has 230 valence electrons. The van der Waals surface area contributed by atoms with Gasteiger partial charge in [0.05, 0.1) is 44.8 Å². The number of hydrogen-bond acceptors (Lipinski definition) is 12. The molecule has 0 saturated heterocycles. The Balaban J connectivity index is 0.000000178. The van der Waals surface area contributed by atoms with Crippen LogP contribution >= 0.6 is 15.9 Å². The van der Waals surface area contributed by atoms with E-state index in [4.69, 9.17) is 16.2 Å². The molecule has 0 amide bonds. The summed E-state index contributed by atoms with van der Waals surface area (Å²) in [5.41, 5.74) is 17.3. The number of aromatic nitrogens is 8. The molecule has 6 rings (SSSR count). The third-order valence-corrected chi connectivity index (χ3v) is 7.34. The normalized spacial score (nSPS) is 10.9. The van der Waals surface area contributed by atoms with Gasteiger partial charge in [-0.2, -0.15) is 0 Å². The standard InChI is InChI=1S/C15H14BrN5O2.C15H15N5O2/c1-8-18-12(17)11-13(19-8)21(15(16)20-11)7-9-3-5-10(6-4-9)14(22)23-2;1-9-18-13(16)12-14(19-9)20(8-17-12)7-10-3-5-11(6-4-10)15(21)22-2/h3-6H,7H2,1-2H3,(H2,17,18,19);3-6,8H,7H2,1-2H3,(H2,16,18,19). The van der Waals surface area contributed by atoms with Gasteiger partial charge < -0.3 is 25.5 Å². The summed E-state index contributed by atoms with van der Waals surface area (Å²) in [6.45, 7) is 4.69. The molecule has 0 bridgehead atoms. The number of imidazole rings is 2. The molecule has 0 spiro atoms. The molecular formula is C30H29BrN10O4. The Labute approximate surface area is 265 Å². The number of nitrogen functional groups attached to an aromatic ring is 2. The van der Waals surface area contributed by atoms with Gasteiger partial charge in [0, 0.05) is 0 Å². The molecule has 0 radical (unpaired) electrons. The first-order valence-electron chi connectivity index (χ1n) is 13.5. The molecule has 4 aromatic heterocycles. The molecule has 45 heavy (non-hydrogen) atoms. The first-order chi connectivity index (χ1) is 21.6. The van der Waals surface area contributed by atoms with Crippen LogP contribution in [0.25, 0.3) is 22.3 Å². The third kappa shape index (κ3) is 6.72. The van der Waals surface area contributed by atoms with Crippen molar-refractivity contribution in [2.24, 2.45) is 0 Å². The number of benzene rings is 2. The fourth-order valence-corrected chi connectivity index (χ4v) is 5.02. The van der Waals surface area contributed by atoms with Gasteiger partial charge in [-0.3, -0.25) is 4.57 Å². The van der Waals surface area contributed by atoms with Crippen LogP contribution in [0.3, 0.4) is 0 Å². The van der Waals surface area contributed by atoms with Gasteiger partial charge in [0.25, 0.3) is 0 Å². The highest BCUT2D eigenvalue weighted by molar-refractivity contribution is 9.10. The fourth-order valence-electron chi connectivity index (χ4n) is 4.55. The number of nitrogens with two attached hydrogens (primary N) is 2. The number of anilines is 2. The van der Waals surface area contributed by atoms with Crippen LogP contribution in [0, 0.1) is 13.8 Å². The molecule has 15 heteroatoms. The summed E-state index contributed by atoms with van der Waals surface area (Å²) in [6, 6.07) is 14.4. The summed E-state index contributed by atoms with van der Waals surface area (Å²) >= 11 is 3.43. The van der Waals surface area contributed by atoms with Gasteiger partial charge in [0.1, 0.15) is 17.2 Å². The van der Waals surface area contributed by atoms with Crippen LogP contribution in [0.15, 0.2) is 59.6 Å². The summed E-state index contributed by atoms with van der Waals surface area (Å²) < 4.78 is 13.8. The predicted octanol–water partition coefficient (Wildman–Crippen LogP) is 3.87. The highest BCUT2D eigenvalue weighted by Crippen LogP contribution is 2.24. The quantitative estimate of drug-likeness (QED) is 0.192. The zero-order chi connectivity index (χ0) is 32.2. The van der Waals surface area contributed by atoms with Gasteiger partial charge >= 0.3 is 11.9 Å². The molecule has 4 N–H and O–H groups in total. The Kier molecular flexibility index (Phi) is 8.99. The van der Waals surface area contributed by atoms with Crippen LogP contribution in [0.5, 0.6) is 0 Å². The van der Waals surface area contributed by atoms with Crippen LogP contribution in [-0.2, 0) is 22.6 Å². The maximum Gasteiger partial charge on any atom is 0.337 e. The average molecular weight is 674 g/mol. The van der Waals surface area contributed by atoms with Crippen LogP contribution in [-0.4, -0.2) is 65.2 Å². The van der Waals surface area contributed by atoms with E-state index in [9.17, 15) is 9.59 Å². The van der Waals surface area contributed by atoms with Crippen LogP contribution < -0.4 is 11.5 Å². The molecule has 0 aliphatic rings. The van der Waals surface area contributed by atoms with Crippen molar-refractivity contribution in [3.8, 4) is 0 Å². The monoisotopic (exact) mass is 672 g/mol. The van der Waals surface area contributed by atoms with E-state index in [1.165, 1.54) is 14.2 Å². The smallest absolute Gasteiger partial charge is 0.337 e. The molecule has 0 aliphatic heterocycles. The number of hydrogen-bond donors (Lipinski definition) is 2. The summed E-state index contributed by atoms with van der Waals surface area (Å²) in [5.74, 6) is 1.21. The maximum absolute atomic E-state index is 11.5. The first kappa shape index (κ1) is 31.0. The molecular weight excluding hydrogens is 644 g/mol. The lowest BCUT2D eigenvalue weighted by atomic mass is 10.1. The summed E-state index contributed by atoms with van der Waals surface area (Å²) in [6.07, 6.45) is 1.68. The summed E-state index contributed by atoms with van der Waals surface area (Å²) in [5, 5.41) is 0. The predicted molar refractivity (Wildman–Crippen MR) is 170 cm³/mol. The number of carbonyl (C=O) groups excluding carboxylic acids is 2. The van der Waals surface area contributed by atoms with Crippen molar-refractivity contribution < 1.29 is 19.1 Å². The molecule has 0 atom stereocenters. The topological polar surface area (TPSA) is 192 Å². The van der Waals surface area contributed by atoms with Gasteiger partial charge in [0.2, 0.25) is 0 Å². The molecule has 2 aromatic carbocycles. The van der Waals surface area contributed by atoms with Gasteiger partial charge in [-0.25, -0.2) is 39.5 Å². The number of carbonyl (C=O) groups is 2. The van der Waals surface area contributed by atoms with Crippen LogP contribution in [0.4, 0.5) is 11.6 Å². The van der Waals surface area contributed by atoms with Crippen molar-refractivity contribution in [1.29, 1.82) is 0 Å². The number of nitrogens with zero attached hydrogens (tertiary/aromatic N) is 8. The largest absolute Gasteiger partial charge is 0.465 e. The zero-order valence-electron chi connectivity index (χ0n) is 24.9. The van der Waals surface area contributed by atoms with E-state index in [1.54, 1.807) is 44.4 Å². The lowest BCUT2D eigenvalue weighted by Crippen LogP contribution is -2.05. The minimum absolute atomic E-state index is 0.351. The molecule has 4 heterocycles. The third-order valence-electron chi connectivity index (χ3n) is 6.73. The second kappa shape index (κ2) is 13.1. The van der Waals surface area contributed by atoms with Crippen molar-refractivity contribution >= 4 is 61.8 Å². The Morgan fingerprint density at radius 2 is 1.20 bits per heavy atom. The van der Waals surface area contributed by atoms with E-state index in [1.807, 2.05) is 33.4 Å². The Bertz CT molecular complexity index is 2020. The Hall–Kier alpha value is -5.44. The number of esters is 2. The highest BCUT2D eigenvalue weighted by atomic mass is 79.9. The molecule has 0 fully saturated rings. The van der Waals surface area contributed by atoms with Crippen molar-refractivity contribution in [2.75, 3.05) is 25.7 Å². The van der Waals surface area contributed by atoms with Crippen molar-refractivity contribution in [3.63, 3.8) is 0 Å². The molecule has 14 nitrogen and oxygen atoms in total. The van der Waals surface area contributed by atoms with E-state index in [2.05, 4.69) is 50.6 Å². The Morgan fingerprint density at radius 1 is 0.711 bits per heavy atom. The molecule has 0 unspecified atom stereocenters. The average Bonchev–Trinajstić information content (AvgIpc) is 3.57. The minimum atomic E-state index is -0.359. The lowest BCUT2D eigenvalue weighted by molar-refractivity contribution is 0.0592. The number of halogens is 1. The van der Waals surface area contributed by atoms with E-state index in [0.717, 1.165) is 11.1 Å². The van der Waals surface area contributed by atoms with Gasteiger partial charge in [-0.1, -0.05) is 24.3 Å². The summed E-state index contributed by atoms with van der Waals surface area (Å²) in [4.78, 5) is 48.5. The second-order valence-corrected chi connectivity index (χ2v) is 10.6.